The molecule has 0 bridgehead atoms. The van der Waals surface area contributed by atoms with Crippen LogP contribution in [0.3, 0.4) is 0 Å². The zero-order valence-electron chi connectivity index (χ0n) is 11.7. The Balaban J connectivity index is 2.07. The highest BCUT2D eigenvalue weighted by molar-refractivity contribution is 7.88. The zero-order chi connectivity index (χ0) is 15.3. The van der Waals surface area contributed by atoms with Gasteiger partial charge in [0.15, 0.2) is 0 Å². The molecule has 2 rings (SSSR count). The molecule has 0 aliphatic rings. The number of rotatable bonds is 6. The van der Waals surface area contributed by atoms with Crippen LogP contribution >= 0.6 is 0 Å². The van der Waals surface area contributed by atoms with E-state index in [0.717, 1.165) is 5.56 Å². The van der Waals surface area contributed by atoms with Gasteiger partial charge in [0.05, 0.1) is 12.9 Å². The van der Waals surface area contributed by atoms with Gasteiger partial charge in [0.1, 0.15) is 5.75 Å². The van der Waals surface area contributed by atoms with Gasteiger partial charge >= 0.3 is 0 Å². The predicted octanol–water partition coefficient (Wildman–Crippen LogP) is 1.90. The number of ether oxygens (including phenoxy) is 1. The predicted molar refractivity (Wildman–Crippen MR) is 83.3 cm³/mol. The van der Waals surface area contributed by atoms with E-state index in [9.17, 15) is 8.42 Å². The summed E-state index contributed by atoms with van der Waals surface area (Å²) < 4.78 is 32.0. The average Bonchev–Trinajstić information content (AvgIpc) is 2.48. The molecule has 0 atom stereocenters. The molecule has 0 aliphatic heterocycles. The molecule has 5 nitrogen and oxygen atoms in total. The number of benzene rings is 2. The van der Waals surface area contributed by atoms with Crippen LogP contribution in [0.15, 0.2) is 48.5 Å². The van der Waals surface area contributed by atoms with E-state index < -0.39 is 10.0 Å². The van der Waals surface area contributed by atoms with Crippen LogP contribution in [-0.2, 0) is 22.3 Å². The van der Waals surface area contributed by atoms with Gasteiger partial charge in [-0.3, -0.25) is 0 Å². The van der Waals surface area contributed by atoms with Crippen molar-refractivity contribution < 1.29 is 13.2 Å². The van der Waals surface area contributed by atoms with Gasteiger partial charge in [-0.05, 0) is 17.7 Å². The molecule has 0 aliphatic carbocycles. The smallest absolute Gasteiger partial charge is 0.216 e. The monoisotopic (exact) mass is 306 g/mol. The topological polar surface area (TPSA) is 81.4 Å². The number of nitrogen functional groups attached to an aromatic ring is 1. The van der Waals surface area contributed by atoms with Crippen LogP contribution < -0.4 is 15.2 Å². The van der Waals surface area contributed by atoms with Crippen LogP contribution in [0.25, 0.3) is 0 Å². The van der Waals surface area contributed by atoms with Crippen molar-refractivity contribution in [3.63, 3.8) is 0 Å². The summed E-state index contributed by atoms with van der Waals surface area (Å²) in [4.78, 5) is 0. The van der Waals surface area contributed by atoms with Crippen molar-refractivity contribution in [1.29, 1.82) is 0 Å². The van der Waals surface area contributed by atoms with Crippen LogP contribution in [-0.4, -0.2) is 15.5 Å². The average molecular weight is 306 g/mol. The van der Waals surface area contributed by atoms with Crippen molar-refractivity contribution >= 4 is 15.7 Å². The normalized spacial score (nSPS) is 11.3. The van der Waals surface area contributed by atoms with Crippen molar-refractivity contribution in [2.75, 3.05) is 12.8 Å². The lowest BCUT2D eigenvalue weighted by molar-refractivity contribution is 0.409. The minimum Gasteiger partial charge on any atom is -0.496 e. The maximum atomic E-state index is 12.1. The number of para-hydroxylation sites is 2. The van der Waals surface area contributed by atoms with Crippen LogP contribution in [0.1, 0.15) is 11.1 Å². The standard InChI is InChI=1S/C15H18N2O3S/c1-20-15-9-5-3-6-12(15)10-17-21(18,19)11-13-7-2-4-8-14(13)16/h2-9,17H,10-11,16H2,1H3. The Hall–Kier alpha value is -2.05. The number of nitrogens with one attached hydrogen (secondary N) is 1. The molecule has 0 saturated heterocycles. The summed E-state index contributed by atoms with van der Waals surface area (Å²) >= 11 is 0. The van der Waals surface area contributed by atoms with Crippen LogP contribution in [0.2, 0.25) is 0 Å². The second kappa shape index (κ2) is 6.60. The van der Waals surface area contributed by atoms with Crippen LogP contribution in [0, 0.1) is 0 Å². The molecule has 0 radical (unpaired) electrons. The first-order valence-electron chi connectivity index (χ1n) is 6.44. The highest BCUT2D eigenvalue weighted by Crippen LogP contribution is 2.18. The number of methoxy groups -OCH3 is 1. The van der Waals surface area contributed by atoms with Gasteiger partial charge in [-0.1, -0.05) is 36.4 Å². The minimum absolute atomic E-state index is 0.144. The largest absolute Gasteiger partial charge is 0.496 e. The van der Waals surface area contributed by atoms with E-state index in [-0.39, 0.29) is 12.3 Å². The van der Waals surface area contributed by atoms with Gasteiger partial charge < -0.3 is 10.5 Å². The van der Waals surface area contributed by atoms with Crippen molar-refractivity contribution in [2.24, 2.45) is 0 Å². The van der Waals surface area contributed by atoms with E-state index in [1.54, 1.807) is 37.4 Å². The fourth-order valence-corrected chi connectivity index (χ4v) is 3.11. The summed E-state index contributed by atoms with van der Waals surface area (Å²) in [6.07, 6.45) is 0. The van der Waals surface area contributed by atoms with E-state index in [2.05, 4.69) is 4.72 Å². The Kier molecular flexibility index (Phi) is 4.82. The number of nitrogens with two attached hydrogens (primary N) is 1. The molecule has 2 aromatic rings. The highest BCUT2D eigenvalue weighted by Gasteiger charge is 2.14. The lowest BCUT2D eigenvalue weighted by Gasteiger charge is -2.11. The van der Waals surface area contributed by atoms with E-state index in [0.29, 0.717) is 17.0 Å². The van der Waals surface area contributed by atoms with Gasteiger partial charge in [-0.2, -0.15) is 0 Å². The fourth-order valence-electron chi connectivity index (χ4n) is 1.96. The molecule has 21 heavy (non-hydrogen) atoms. The summed E-state index contributed by atoms with van der Waals surface area (Å²) in [6.45, 7) is 0.180. The molecule has 0 fully saturated rings. The van der Waals surface area contributed by atoms with Crippen molar-refractivity contribution in [3.05, 3.63) is 59.7 Å². The first kappa shape index (κ1) is 15.3. The molecule has 0 heterocycles. The summed E-state index contributed by atoms with van der Waals surface area (Å²) in [5.41, 5.74) is 7.61. The van der Waals surface area contributed by atoms with E-state index >= 15 is 0 Å². The number of anilines is 1. The third-order valence-electron chi connectivity index (χ3n) is 3.08. The Bertz CT molecular complexity index is 714. The molecular weight excluding hydrogens is 288 g/mol. The molecule has 0 unspecified atom stereocenters. The molecule has 112 valence electrons. The Labute approximate surface area is 124 Å². The lowest BCUT2D eigenvalue weighted by Crippen LogP contribution is -2.25. The van der Waals surface area contributed by atoms with E-state index in [1.807, 2.05) is 18.2 Å². The number of sulfonamides is 1. The van der Waals surface area contributed by atoms with Crippen molar-refractivity contribution in [3.8, 4) is 5.75 Å². The molecular formula is C15H18N2O3S. The maximum Gasteiger partial charge on any atom is 0.216 e. The molecule has 2 aromatic carbocycles. The molecule has 3 N–H and O–H groups in total. The Morgan fingerprint density at radius 1 is 1.05 bits per heavy atom. The van der Waals surface area contributed by atoms with E-state index in [4.69, 9.17) is 10.5 Å². The summed E-state index contributed by atoms with van der Waals surface area (Å²) in [6, 6.07) is 14.2. The quantitative estimate of drug-likeness (QED) is 0.799. The van der Waals surface area contributed by atoms with Crippen molar-refractivity contribution in [1.82, 2.24) is 4.72 Å². The lowest BCUT2D eigenvalue weighted by atomic mass is 10.2. The maximum absolute atomic E-state index is 12.1. The second-order valence-corrected chi connectivity index (χ2v) is 6.40. The fraction of sp³-hybridized carbons (Fsp3) is 0.200. The van der Waals surface area contributed by atoms with Gasteiger partial charge in [0.2, 0.25) is 10.0 Å². The molecule has 0 spiro atoms. The zero-order valence-corrected chi connectivity index (χ0v) is 12.6. The minimum atomic E-state index is -3.47. The first-order valence-corrected chi connectivity index (χ1v) is 8.09. The van der Waals surface area contributed by atoms with Gasteiger partial charge in [0, 0.05) is 17.8 Å². The SMILES string of the molecule is COc1ccccc1CNS(=O)(=O)Cc1ccccc1N. The third kappa shape index (κ3) is 4.21. The Morgan fingerprint density at radius 3 is 2.33 bits per heavy atom. The summed E-state index contributed by atoms with van der Waals surface area (Å²) in [7, 11) is -1.91. The number of hydrogen-bond acceptors (Lipinski definition) is 4. The molecule has 0 saturated carbocycles. The van der Waals surface area contributed by atoms with Crippen LogP contribution in [0.4, 0.5) is 5.69 Å². The highest BCUT2D eigenvalue weighted by atomic mass is 32.2. The Morgan fingerprint density at radius 2 is 1.67 bits per heavy atom. The van der Waals surface area contributed by atoms with E-state index in [1.165, 1.54) is 0 Å². The molecule has 0 aromatic heterocycles. The van der Waals surface area contributed by atoms with Gasteiger partial charge in [0.25, 0.3) is 0 Å². The van der Waals surface area contributed by atoms with Gasteiger partial charge in [-0.15, -0.1) is 0 Å². The van der Waals surface area contributed by atoms with Gasteiger partial charge in [-0.25, -0.2) is 13.1 Å². The second-order valence-electron chi connectivity index (χ2n) is 4.59. The summed E-state index contributed by atoms with van der Waals surface area (Å²) in [5.74, 6) is 0.508. The summed E-state index contributed by atoms with van der Waals surface area (Å²) in [5, 5.41) is 0. The number of hydrogen-bond donors (Lipinski definition) is 2. The molecule has 0 amide bonds. The third-order valence-corrected chi connectivity index (χ3v) is 4.35. The van der Waals surface area contributed by atoms with Crippen LogP contribution in [0.5, 0.6) is 5.75 Å². The first-order chi connectivity index (χ1) is 10.0. The molecule has 6 heteroatoms. The van der Waals surface area contributed by atoms with Crippen molar-refractivity contribution in [2.45, 2.75) is 12.3 Å².